The molecule has 0 unspecified atom stereocenters. The molecule has 1 fully saturated rings. The second-order valence-electron chi connectivity index (χ2n) is 13.4. The van der Waals surface area contributed by atoms with E-state index in [1.165, 1.54) is 65.6 Å². The van der Waals surface area contributed by atoms with Gasteiger partial charge in [-0.25, -0.2) is 4.98 Å². The van der Waals surface area contributed by atoms with Crippen molar-refractivity contribution in [1.82, 2.24) is 19.9 Å². The largest absolute Gasteiger partial charge is 2.00 e. The number of nitrogens with zero attached hydrogens (tertiary/aromatic N) is 4. The van der Waals surface area contributed by atoms with Crippen LogP contribution in [0.25, 0.3) is 56.5 Å². The van der Waals surface area contributed by atoms with Gasteiger partial charge in [-0.3, -0.25) is 4.98 Å². The third-order valence-electron chi connectivity index (χ3n) is 9.99. The molecule has 8 rings (SSSR count). The monoisotopic (exact) mass is 650 g/mol. The Morgan fingerprint density at radius 3 is 1.87 bits per heavy atom. The molecule has 1 spiro atoms. The molecule has 0 N–H and O–H groups in total. The van der Waals surface area contributed by atoms with Gasteiger partial charge in [0.2, 0.25) is 0 Å². The molecule has 0 saturated heterocycles. The molecular formula is C41H38N4Zn. The summed E-state index contributed by atoms with van der Waals surface area (Å²) in [6, 6.07) is 26.3. The summed E-state index contributed by atoms with van der Waals surface area (Å²) in [6.45, 7) is 8.69. The molecule has 5 heterocycles. The Balaban J connectivity index is 0.00000338. The summed E-state index contributed by atoms with van der Waals surface area (Å²) in [5.41, 5.74) is 17.4. The Labute approximate surface area is 284 Å². The van der Waals surface area contributed by atoms with Gasteiger partial charge in [-0.05, 0) is 86.1 Å². The van der Waals surface area contributed by atoms with Crippen LogP contribution in [-0.4, -0.2) is 9.97 Å². The van der Waals surface area contributed by atoms with Crippen LogP contribution in [0.3, 0.4) is 0 Å². The summed E-state index contributed by atoms with van der Waals surface area (Å²) < 4.78 is 0. The topological polar surface area (TPSA) is 54.0 Å². The van der Waals surface area contributed by atoms with Crippen LogP contribution in [0.5, 0.6) is 0 Å². The van der Waals surface area contributed by atoms with Crippen LogP contribution < -0.4 is 9.97 Å². The molecule has 2 aliphatic heterocycles. The van der Waals surface area contributed by atoms with Gasteiger partial charge in [-0.15, -0.1) is 22.1 Å². The number of fused-ring (bicyclic) bond motifs is 9. The van der Waals surface area contributed by atoms with Crippen LogP contribution in [0.4, 0.5) is 0 Å². The molecule has 0 amide bonds. The maximum Gasteiger partial charge on any atom is 2.00 e. The summed E-state index contributed by atoms with van der Waals surface area (Å²) in [7, 11) is 0. The number of hydrogen-bond acceptors (Lipinski definition) is 2. The van der Waals surface area contributed by atoms with Gasteiger partial charge in [0, 0.05) is 23.2 Å². The fourth-order valence-corrected chi connectivity index (χ4v) is 7.94. The second-order valence-corrected chi connectivity index (χ2v) is 13.4. The smallest absolute Gasteiger partial charge is 0.657 e. The first-order chi connectivity index (χ1) is 21.8. The molecule has 46 heavy (non-hydrogen) atoms. The fourth-order valence-electron chi connectivity index (χ4n) is 7.94. The molecule has 3 aliphatic rings. The van der Waals surface area contributed by atoms with Crippen LogP contribution in [-0.2, 0) is 31.3 Å². The molecule has 0 atom stereocenters. The van der Waals surface area contributed by atoms with Crippen LogP contribution in [0, 0.1) is 27.7 Å². The van der Waals surface area contributed by atoms with Gasteiger partial charge in [-0.2, -0.15) is 0 Å². The van der Waals surface area contributed by atoms with Crippen LogP contribution >= 0.6 is 0 Å². The SMILES string of the molecule is Cc1ccc(-c2c3nc(c(-c4c(C)cc(C)cc4C)c4ccc(cc5nc(cc6ccc2[n-]6)C2(CCCCC2)C5)[n-]4)C=C3)cc1.[Zn+2]. The average molecular weight is 652 g/mol. The first-order valence-electron chi connectivity index (χ1n) is 16.3. The van der Waals surface area contributed by atoms with E-state index in [4.69, 9.17) is 19.9 Å². The Morgan fingerprint density at radius 1 is 0.587 bits per heavy atom. The first-order valence-corrected chi connectivity index (χ1v) is 16.3. The number of rotatable bonds is 2. The summed E-state index contributed by atoms with van der Waals surface area (Å²) in [6.07, 6.45) is 11.4. The first kappa shape index (κ1) is 30.6. The molecule has 3 aromatic heterocycles. The van der Waals surface area contributed by atoms with E-state index in [0.717, 1.165) is 62.3 Å². The molecule has 5 aromatic rings. The molecule has 224 valence electrons. The zero-order valence-electron chi connectivity index (χ0n) is 27.3. The zero-order valence-corrected chi connectivity index (χ0v) is 30.3. The van der Waals surface area contributed by atoms with Crippen molar-refractivity contribution < 1.29 is 19.5 Å². The third-order valence-corrected chi connectivity index (χ3v) is 9.99. The van der Waals surface area contributed by atoms with E-state index in [0.29, 0.717) is 0 Å². The predicted molar refractivity (Wildman–Crippen MR) is 186 cm³/mol. The molecule has 1 saturated carbocycles. The normalized spacial score (nSPS) is 15.2. The number of aromatic nitrogens is 4. The van der Waals surface area contributed by atoms with Crippen molar-refractivity contribution in [3.05, 3.63) is 118 Å². The van der Waals surface area contributed by atoms with Gasteiger partial charge in [-0.1, -0.05) is 103 Å². The molecule has 4 nitrogen and oxygen atoms in total. The molecule has 5 heteroatoms. The van der Waals surface area contributed by atoms with Gasteiger partial charge in [0.05, 0.1) is 11.4 Å². The standard InChI is InChI=1S/C41H38N4.Zn/c1-25-8-10-29(11-9-25)39-33-14-13-31(43-33)23-37-41(18-6-5-7-19-41)24-32(44-37)22-30-12-15-35(42-30)40(36-17-16-34(39)45-36)38-27(3)20-26(2)21-28(38)4;/h8-17,20-23H,5-7,18-19,24H2,1-4H3;/q-2;+2. The van der Waals surface area contributed by atoms with Crippen molar-refractivity contribution >= 4 is 34.2 Å². The Hall–Kier alpha value is -4.08. The van der Waals surface area contributed by atoms with Crippen molar-refractivity contribution in [2.75, 3.05) is 0 Å². The van der Waals surface area contributed by atoms with E-state index in [2.05, 4.69) is 113 Å². The third kappa shape index (κ3) is 5.39. The van der Waals surface area contributed by atoms with Gasteiger partial charge < -0.3 is 9.97 Å². The minimum atomic E-state index is 0. The van der Waals surface area contributed by atoms with E-state index in [1.807, 2.05) is 0 Å². The Morgan fingerprint density at radius 2 is 1.20 bits per heavy atom. The second kappa shape index (κ2) is 11.9. The van der Waals surface area contributed by atoms with E-state index in [-0.39, 0.29) is 24.9 Å². The maximum absolute atomic E-state index is 5.35. The number of aryl methyl sites for hydroxylation is 4. The molecule has 1 aliphatic carbocycles. The average Bonchev–Trinajstić information content (AvgIpc) is 3.82. The molecular weight excluding hydrogens is 614 g/mol. The van der Waals surface area contributed by atoms with Crippen molar-refractivity contribution in [3.63, 3.8) is 0 Å². The van der Waals surface area contributed by atoms with Gasteiger partial charge in [0.1, 0.15) is 0 Å². The summed E-state index contributed by atoms with van der Waals surface area (Å²) in [5, 5.41) is 0. The van der Waals surface area contributed by atoms with Crippen molar-refractivity contribution in [1.29, 1.82) is 0 Å². The Bertz CT molecular complexity index is 2130. The molecule has 8 bridgehead atoms. The van der Waals surface area contributed by atoms with E-state index >= 15 is 0 Å². The summed E-state index contributed by atoms with van der Waals surface area (Å²) >= 11 is 0. The van der Waals surface area contributed by atoms with E-state index in [9.17, 15) is 0 Å². The maximum atomic E-state index is 5.35. The quantitative estimate of drug-likeness (QED) is 0.175. The number of hydrogen-bond donors (Lipinski definition) is 0. The predicted octanol–water partition coefficient (Wildman–Crippen LogP) is 9.75. The van der Waals surface area contributed by atoms with Crippen molar-refractivity contribution in [2.24, 2.45) is 0 Å². The summed E-state index contributed by atoms with van der Waals surface area (Å²) in [4.78, 5) is 21.1. The van der Waals surface area contributed by atoms with Gasteiger partial charge in [0.15, 0.2) is 0 Å². The zero-order chi connectivity index (χ0) is 30.7. The van der Waals surface area contributed by atoms with Crippen LogP contribution in [0.15, 0.2) is 72.8 Å². The van der Waals surface area contributed by atoms with Crippen LogP contribution in [0.2, 0.25) is 0 Å². The summed E-state index contributed by atoms with van der Waals surface area (Å²) in [5.74, 6) is 0. The minimum Gasteiger partial charge on any atom is -0.657 e. The fraction of sp³-hybridized carbons (Fsp3) is 0.268. The minimum absolute atomic E-state index is 0. The number of benzene rings is 2. The van der Waals surface area contributed by atoms with Crippen LogP contribution in [0.1, 0.15) is 77.1 Å². The molecule has 0 radical (unpaired) electrons. The van der Waals surface area contributed by atoms with E-state index in [1.54, 1.807) is 0 Å². The van der Waals surface area contributed by atoms with E-state index < -0.39 is 0 Å². The van der Waals surface area contributed by atoms with Gasteiger partial charge >= 0.3 is 19.5 Å². The Kier molecular flexibility index (Phi) is 7.93. The van der Waals surface area contributed by atoms with Crippen molar-refractivity contribution in [2.45, 2.75) is 71.6 Å². The molecule has 2 aromatic carbocycles. The van der Waals surface area contributed by atoms with Crippen molar-refractivity contribution in [3.8, 4) is 22.3 Å². The van der Waals surface area contributed by atoms with Gasteiger partial charge in [0.25, 0.3) is 0 Å².